The zero-order chi connectivity index (χ0) is 9.90. The first-order valence-electron chi connectivity index (χ1n) is 5.35. The lowest BCUT2D eigenvalue weighted by Crippen LogP contribution is -2.20. The lowest BCUT2D eigenvalue weighted by atomic mass is 10.0. The Morgan fingerprint density at radius 2 is 2.23 bits per heavy atom. The minimum atomic E-state index is -0.158. The van der Waals surface area contributed by atoms with Gasteiger partial charge >= 0.3 is 0 Å². The van der Waals surface area contributed by atoms with Crippen LogP contribution in [-0.2, 0) is 4.74 Å². The minimum absolute atomic E-state index is 0.0928. The van der Waals surface area contributed by atoms with Crippen molar-refractivity contribution in [1.82, 2.24) is 0 Å². The van der Waals surface area contributed by atoms with E-state index in [2.05, 4.69) is 13.8 Å². The Kier molecular flexibility index (Phi) is 3.74. The van der Waals surface area contributed by atoms with Crippen LogP contribution in [0.2, 0.25) is 0 Å². The number of aliphatic hydroxyl groups is 1. The van der Waals surface area contributed by atoms with Crippen molar-refractivity contribution in [2.45, 2.75) is 70.7 Å². The van der Waals surface area contributed by atoms with Gasteiger partial charge < -0.3 is 9.84 Å². The number of ether oxygens (including phenoxy) is 1. The molecular formula is C11H22O2. The van der Waals surface area contributed by atoms with Crippen molar-refractivity contribution in [3.05, 3.63) is 0 Å². The Bertz CT molecular complexity index is 152. The van der Waals surface area contributed by atoms with Crippen LogP contribution in [0.5, 0.6) is 0 Å². The maximum Gasteiger partial charge on any atom is 0.0631 e. The van der Waals surface area contributed by atoms with E-state index in [0.717, 1.165) is 19.3 Å². The van der Waals surface area contributed by atoms with Crippen LogP contribution in [0.4, 0.5) is 0 Å². The topological polar surface area (TPSA) is 29.5 Å². The highest BCUT2D eigenvalue weighted by molar-refractivity contribution is 4.80. The summed E-state index contributed by atoms with van der Waals surface area (Å²) in [5.74, 6) is 0. The molecule has 1 aliphatic rings. The number of hydrogen-bond acceptors (Lipinski definition) is 2. The molecule has 0 saturated carbocycles. The SMILES string of the molecule is CC(O)CCCC1CCC(C)(C)O1. The third-order valence-corrected chi connectivity index (χ3v) is 2.70. The molecule has 2 unspecified atom stereocenters. The van der Waals surface area contributed by atoms with E-state index in [0.29, 0.717) is 6.10 Å². The average molecular weight is 186 g/mol. The minimum Gasteiger partial charge on any atom is -0.393 e. The molecule has 0 aromatic carbocycles. The highest BCUT2D eigenvalue weighted by Crippen LogP contribution is 2.31. The highest BCUT2D eigenvalue weighted by Gasteiger charge is 2.30. The zero-order valence-electron chi connectivity index (χ0n) is 9.05. The van der Waals surface area contributed by atoms with Gasteiger partial charge in [-0.25, -0.2) is 0 Å². The summed E-state index contributed by atoms with van der Waals surface area (Å²) in [6, 6.07) is 0. The van der Waals surface area contributed by atoms with E-state index in [1.807, 2.05) is 6.92 Å². The van der Waals surface area contributed by atoms with E-state index in [1.165, 1.54) is 12.8 Å². The molecule has 1 aliphatic heterocycles. The third kappa shape index (κ3) is 4.10. The van der Waals surface area contributed by atoms with Crippen molar-refractivity contribution in [1.29, 1.82) is 0 Å². The third-order valence-electron chi connectivity index (χ3n) is 2.70. The molecule has 1 N–H and O–H groups in total. The molecule has 13 heavy (non-hydrogen) atoms. The van der Waals surface area contributed by atoms with E-state index < -0.39 is 0 Å². The molecule has 0 spiro atoms. The van der Waals surface area contributed by atoms with Gasteiger partial charge in [0.15, 0.2) is 0 Å². The molecule has 0 aromatic rings. The van der Waals surface area contributed by atoms with Gasteiger partial charge in [0.1, 0.15) is 0 Å². The van der Waals surface area contributed by atoms with Gasteiger partial charge in [-0.05, 0) is 52.9 Å². The Balaban J connectivity index is 2.11. The fourth-order valence-corrected chi connectivity index (χ4v) is 1.92. The summed E-state index contributed by atoms with van der Waals surface area (Å²) >= 11 is 0. The van der Waals surface area contributed by atoms with E-state index in [1.54, 1.807) is 0 Å². The fourth-order valence-electron chi connectivity index (χ4n) is 1.92. The van der Waals surface area contributed by atoms with Crippen molar-refractivity contribution >= 4 is 0 Å². The maximum atomic E-state index is 9.09. The summed E-state index contributed by atoms with van der Waals surface area (Å²) < 4.78 is 5.85. The molecule has 78 valence electrons. The van der Waals surface area contributed by atoms with Crippen molar-refractivity contribution in [3.63, 3.8) is 0 Å². The van der Waals surface area contributed by atoms with Gasteiger partial charge in [0, 0.05) is 0 Å². The lowest BCUT2D eigenvalue weighted by molar-refractivity contribution is -0.0199. The Morgan fingerprint density at radius 1 is 1.54 bits per heavy atom. The molecular weight excluding hydrogens is 164 g/mol. The number of rotatable bonds is 4. The van der Waals surface area contributed by atoms with Crippen LogP contribution in [-0.4, -0.2) is 22.9 Å². The zero-order valence-corrected chi connectivity index (χ0v) is 9.05. The van der Waals surface area contributed by atoms with Gasteiger partial charge in [-0.1, -0.05) is 0 Å². The first-order valence-corrected chi connectivity index (χ1v) is 5.35. The fraction of sp³-hybridized carbons (Fsp3) is 1.00. The standard InChI is InChI=1S/C11H22O2/c1-9(12)5-4-6-10-7-8-11(2,3)13-10/h9-10,12H,4-8H2,1-3H3. The van der Waals surface area contributed by atoms with E-state index >= 15 is 0 Å². The Morgan fingerprint density at radius 3 is 2.69 bits per heavy atom. The van der Waals surface area contributed by atoms with Gasteiger partial charge in [0.2, 0.25) is 0 Å². The second-order valence-electron chi connectivity index (χ2n) is 4.82. The normalized spacial score (nSPS) is 29.1. The van der Waals surface area contributed by atoms with Crippen molar-refractivity contribution in [2.24, 2.45) is 0 Å². The van der Waals surface area contributed by atoms with Crippen LogP contribution in [0.25, 0.3) is 0 Å². The van der Waals surface area contributed by atoms with Crippen LogP contribution in [0.1, 0.15) is 52.9 Å². The van der Waals surface area contributed by atoms with Crippen molar-refractivity contribution in [2.75, 3.05) is 0 Å². The quantitative estimate of drug-likeness (QED) is 0.731. The number of aliphatic hydroxyl groups excluding tert-OH is 1. The van der Waals surface area contributed by atoms with Gasteiger partial charge in [0.25, 0.3) is 0 Å². The molecule has 1 rings (SSSR count). The largest absolute Gasteiger partial charge is 0.393 e. The molecule has 1 heterocycles. The monoisotopic (exact) mass is 186 g/mol. The summed E-state index contributed by atoms with van der Waals surface area (Å²) in [6.07, 6.45) is 5.73. The van der Waals surface area contributed by atoms with Crippen LogP contribution < -0.4 is 0 Å². The molecule has 0 amide bonds. The maximum absolute atomic E-state index is 9.09. The summed E-state index contributed by atoms with van der Waals surface area (Å²) in [5.41, 5.74) is 0.0928. The highest BCUT2D eigenvalue weighted by atomic mass is 16.5. The van der Waals surface area contributed by atoms with Gasteiger partial charge in [-0.2, -0.15) is 0 Å². The predicted octanol–water partition coefficient (Wildman–Crippen LogP) is 2.50. The van der Waals surface area contributed by atoms with Gasteiger partial charge in [-0.3, -0.25) is 0 Å². The summed E-state index contributed by atoms with van der Waals surface area (Å²) in [4.78, 5) is 0. The molecule has 1 saturated heterocycles. The van der Waals surface area contributed by atoms with E-state index in [-0.39, 0.29) is 11.7 Å². The number of hydrogen-bond donors (Lipinski definition) is 1. The van der Waals surface area contributed by atoms with Crippen LogP contribution in [0.3, 0.4) is 0 Å². The second-order valence-corrected chi connectivity index (χ2v) is 4.82. The van der Waals surface area contributed by atoms with Crippen LogP contribution in [0.15, 0.2) is 0 Å². The molecule has 2 heteroatoms. The summed E-state index contributed by atoms with van der Waals surface area (Å²) in [7, 11) is 0. The molecule has 2 nitrogen and oxygen atoms in total. The Hall–Kier alpha value is -0.0800. The van der Waals surface area contributed by atoms with Crippen molar-refractivity contribution in [3.8, 4) is 0 Å². The van der Waals surface area contributed by atoms with Gasteiger partial charge in [-0.15, -0.1) is 0 Å². The van der Waals surface area contributed by atoms with Gasteiger partial charge in [0.05, 0.1) is 17.8 Å². The Labute approximate surface area is 81.3 Å². The van der Waals surface area contributed by atoms with Crippen LogP contribution >= 0.6 is 0 Å². The molecule has 1 fully saturated rings. The van der Waals surface area contributed by atoms with Crippen molar-refractivity contribution < 1.29 is 9.84 Å². The first-order chi connectivity index (χ1) is 5.99. The van der Waals surface area contributed by atoms with Crippen LogP contribution in [0, 0.1) is 0 Å². The van der Waals surface area contributed by atoms with E-state index in [4.69, 9.17) is 9.84 Å². The average Bonchev–Trinajstić information content (AvgIpc) is 2.29. The smallest absolute Gasteiger partial charge is 0.0631 e. The summed E-state index contributed by atoms with van der Waals surface area (Å²) in [6.45, 7) is 6.16. The molecule has 2 atom stereocenters. The predicted molar refractivity (Wildman–Crippen MR) is 53.7 cm³/mol. The first kappa shape index (κ1) is 11.0. The molecule has 0 bridgehead atoms. The second kappa shape index (κ2) is 4.43. The molecule has 0 aromatic heterocycles. The summed E-state index contributed by atoms with van der Waals surface area (Å²) in [5, 5.41) is 9.09. The molecule has 0 radical (unpaired) electrons. The molecule has 0 aliphatic carbocycles. The van der Waals surface area contributed by atoms with E-state index in [9.17, 15) is 0 Å². The lowest BCUT2D eigenvalue weighted by Gasteiger charge is -2.19.